The van der Waals surface area contributed by atoms with Gasteiger partial charge >= 0.3 is 0 Å². The van der Waals surface area contributed by atoms with Crippen molar-refractivity contribution in [2.24, 2.45) is 0 Å². The summed E-state index contributed by atoms with van der Waals surface area (Å²) in [5.74, 6) is -0.0269. The number of nitrogens with one attached hydrogen (secondary N) is 1. The number of hydrogen-bond donors (Lipinski definition) is 1. The standard InChI is InChI=1S/C14H20FNO2/c1-17-13-7-6-10(8-11(13)15)9-16-12-4-3-5-14(12)18-2/h6-8,12,14,16H,3-5,9H2,1-2H3. The molecule has 2 atom stereocenters. The Morgan fingerprint density at radius 1 is 1.33 bits per heavy atom. The van der Waals surface area contributed by atoms with Gasteiger partial charge in [-0.25, -0.2) is 4.39 Å². The molecule has 1 fully saturated rings. The molecule has 0 spiro atoms. The topological polar surface area (TPSA) is 30.5 Å². The first-order chi connectivity index (χ1) is 8.74. The predicted molar refractivity (Wildman–Crippen MR) is 68.2 cm³/mol. The summed E-state index contributed by atoms with van der Waals surface area (Å²) in [4.78, 5) is 0. The van der Waals surface area contributed by atoms with Crippen LogP contribution in [0.4, 0.5) is 4.39 Å². The summed E-state index contributed by atoms with van der Waals surface area (Å²) in [7, 11) is 3.22. The van der Waals surface area contributed by atoms with Crippen LogP contribution >= 0.6 is 0 Å². The molecular formula is C14H20FNO2. The monoisotopic (exact) mass is 253 g/mol. The maximum Gasteiger partial charge on any atom is 0.165 e. The van der Waals surface area contributed by atoms with Crippen LogP contribution in [0.3, 0.4) is 0 Å². The summed E-state index contributed by atoms with van der Waals surface area (Å²) in [5.41, 5.74) is 0.926. The van der Waals surface area contributed by atoms with Crippen LogP contribution in [0.1, 0.15) is 24.8 Å². The van der Waals surface area contributed by atoms with E-state index in [-0.39, 0.29) is 17.7 Å². The summed E-state index contributed by atoms with van der Waals surface area (Å²) in [6.07, 6.45) is 3.70. The number of methoxy groups -OCH3 is 2. The first-order valence-corrected chi connectivity index (χ1v) is 6.33. The average molecular weight is 253 g/mol. The molecule has 1 aliphatic rings. The second kappa shape index (κ2) is 6.16. The van der Waals surface area contributed by atoms with Crippen LogP contribution in [-0.2, 0) is 11.3 Å². The SMILES string of the molecule is COc1ccc(CNC2CCCC2OC)cc1F. The number of halogens is 1. The van der Waals surface area contributed by atoms with E-state index in [1.165, 1.54) is 19.6 Å². The lowest BCUT2D eigenvalue weighted by Crippen LogP contribution is -2.36. The zero-order valence-corrected chi connectivity index (χ0v) is 10.9. The van der Waals surface area contributed by atoms with Gasteiger partial charge in [0.2, 0.25) is 0 Å². The highest BCUT2D eigenvalue weighted by Gasteiger charge is 2.26. The van der Waals surface area contributed by atoms with E-state index in [2.05, 4.69) is 5.32 Å². The van der Waals surface area contributed by atoms with E-state index in [0.29, 0.717) is 12.6 Å². The van der Waals surface area contributed by atoms with Gasteiger partial charge in [-0.1, -0.05) is 6.07 Å². The molecule has 2 unspecified atom stereocenters. The second-order valence-corrected chi connectivity index (χ2v) is 4.66. The lowest BCUT2D eigenvalue weighted by atomic mass is 10.1. The minimum Gasteiger partial charge on any atom is -0.494 e. The molecule has 3 nitrogen and oxygen atoms in total. The van der Waals surface area contributed by atoms with Crippen molar-refractivity contribution in [1.82, 2.24) is 5.32 Å². The van der Waals surface area contributed by atoms with Crippen LogP contribution in [0.15, 0.2) is 18.2 Å². The smallest absolute Gasteiger partial charge is 0.165 e. The zero-order chi connectivity index (χ0) is 13.0. The highest BCUT2D eigenvalue weighted by atomic mass is 19.1. The van der Waals surface area contributed by atoms with E-state index in [9.17, 15) is 4.39 Å². The Balaban J connectivity index is 1.92. The molecule has 18 heavy (non-hydrogen) atoms. The summed E-state index contributed by atoms with van der Waals surface area (Å²) in [5, 5.41) is 3.43. The summed E-state index contributed by atoms with van der Waals surface area (Å²) < 4.78 is 23.8. The molecule has 1 aliphatic carbocycles. The van der Waals surface area contributed by atoms with E-state index in [1.54, 1.807) is 13.2 Å². The van der Waals surface area contributed by atoms with Crippen molar-refractivity contribution in [3.63, 3.8) is 0 Å². The summed E-state index contributed by atoms with van der Waals surface area (Å²) in [6.45, 7) is 0.658. The van der Waals surface area contributed by atoms with Gasteiger partial charge in [0, 0.05) is 19.7 Å². The Morgan fingerprint density at radius 3 is 2.83 bits per heavy atom. The molecule has 0 bridgehead atoms. The number of hydrogen-bond acceptors (Lipinski definition) is 3. The van der Waals surface area contributed by atoms with Crippen LogP contribution in [-0.4, -0.2) is 26.4 Å². The van der Waals surface area contributed by atoms with Gasteiger partial charge in [-0.15, -0.1) is 0 Å². The molecule has 0 aromatic heterocycles. The van der Waals surface area contributed by atoms with Crippen molar-refractivity contribution in [2.75, 3.05) is 14.2 Å². The first-order valence-electron chi connectivity index (χ1n) is 6.33. The highest BCUT2D eigenvalue weighted by molar-refractivity contribution is 5.29. The Hall–Kier alpha value is -1.13. The molecule has 1 aromatic carbocycles. The van der Waals surface area contributed by atoms with Crippen molar-refractivity contribution >= 4 is 0 Å². The fourth-order valence-electron chi connectivity index (χ4n) is 2.51. The molecule has 1 aromatic rings. The second-order valence-electron chi connectivity index (χ2n) is 4.66. The molecule has 1 N–H and O–H groups in total. The molecule has 0 saturated heterocycles. The molecular weight excluding hydrogens is 233 g/mol. The molecule has 100 valence electrons. The van der Waals surface area contributed by atoms with Crippen molar-refractivity contribution in [3.05, 3.63) is 29.6 Å². The summed E-state index contributed by atoms with van der Waals surface area (Å²) in [6, 6.07) is 5.43. The number of ether oxygens (including phenoxy) is 2. The van der Waals surface area contributed by atoms with Crippen molar-refractivity contribution in [1.29, 1.82) is 0 Å². The van der Waals surface area contributed by atoms with Gasteiger partial charge in [0.05, 0.1) is 13.2 Å². The largest absolute Gasteiger partial charge is 0.494 e. The van der Waals surface area contributed by atoms with E-state index in [0.717, 1.165) is 18.4 Å². The van der Waals surface area contributed by atoms with Gasteiger partial charge in [-0.3, -0.25) is 0 Å². The number of benzene rings is 1. The van der Waals surface area contributed by atoms with Crippen LogP contribution in [0.2, 0.25) is 0 Å². The molecule has 1 saturated carbocycles. The van der Waals surface area contributed by atoms with Crippen molar-refractivity contribution < 1.29 is 13.9 Å². The van der Waals surface area contributed by atoms with Gasteiger partial charge in [0.1, 0.15) is 0 Å². The van der Waals surface area contributed by atoms with Crippen LogP contribution < -0.4 is 10.1 Å². The third kappa shape index (κ3) is 3.00. The number of rotatable bonds is 5. The minimum atomic E-state index is -0.313. The maximum absolute atomic E-state index is 13.5. The van der Waals surface area contributed by atoms with Crippen molar-refractivity contribution in [3.8, 4) is 5.75 Å². The fourth-order valence-corrected chi connectivity index (χ4v) is 2.51. The van der Waals surface area contributed by atoms with E-state index < -0.39 is 0 Å². The van der Waals surface area contributed by atoms with E-state index in [4.69, 9.17) is 9.47 Å². The van der Waals surface area contributed by atoms with E-state index in [1.807, 2.05) is 6.07 Å². The van der Waals surface area contributed by atoms with Gasteiger partial charge in [-0.05, 0) is 37.0 Å². The average Bonchev–Trinajstić information content (AvgIpc) is 2.84. The zero-order valence-electron chi connectivity index (χ0n) is 10.9. The van der Waals surface area contributed by atoms with Crippen LogP contribution in [0.25, 0.3) is 0 Å². The maximum atomic E-state index is 13.5. The van der Waals surface area contributed by atoms with Gasteiger partial charge < -0.3 is 14.8 Å². The van der Waals surface area contributed by atoms with E-state index >= 15 is 0 Å². The Morgan fingerprint density at radius 2 is 2.17 bits per heavy atom. The molecule has 0 amide bonds. The third-order valence-electron chi connectivity index (χ3n) is 3.54. The van der Waals surface area contributed by atoms with Gasteiger partial charge in [0.15, 0.2) is 11.6 Å². The molecule has 0 heterocycles. The van der Waals surface area contributed by atoms with Gasteiger partial charge in [0.25, 0.3) is 0 Å². The Kier molecular flexibility index (Phi) is 4.55. The minimum absolute atomic E-state index is 0.285. The lowest BCUT2D eigenvalue weighted by Gasteiger charge is -2.19. The Labute approximate surface area is 107 Å². The Bertz CT molecular complexity index is 397. The lowest BCUT2D eigenvalue weighted by molar-refractivity contribution is 0.0847. The van der Waals surface area contributed by atoms with Crippen LogP contribution in [0, 0.1) is 5.82 Å². The van der Waals surface area contributed by atoms with Crippen molar-refractivity contribution in [2.45, 2.75) is 38.0 Å². The highest BCUT2D eigenvalue weighted by Crippen LogP contribution is 2.22. The predicted octanol–water partition coefficient (Wildman–Crippen LogP) is 2.49. The van der Waals surface area contributed by atoms with Gasteiger partial charge in [-0.2, -0.15) is 0 Å². The summed E-state index contributed by atoms with van der Waals surface area (Å²) >= 11 is 0. The third-order valence-corrected chi connectivity index (χ3v) is 3.54. The quantitative estimate of drug-likeness (QED) is 0.874. The molecule has 2 rings (SSSR count). The molecule has 0 radical (unpaired) electrons. The fraction of sp³-hybridized carbons (Fsp3) is 0.571. The first kappa shape index (κ1) is 13.3. The molecule has 0 aliphatic heterocycles. The molecule has 4 heteroatoms. The normalized spacial score (nSPS) is 23.3. The van der Waals surface area contributed by atoms with Crippen LogP contribution in [0.5, 0.6) is 5.75 Å².